The average molecular weight is 481 g/mol. The zero-order chi connectivity index (χ0) is 23.2. The minimum atomic E-state index is -3.63. The van der Waals surface area contributed by atoms with Crippen molar-refractivity contribution in [1.29, 1.82) is 0 Å². The van der Waals surface area contributed by atoms with Gasteiger partial charge in [0.2, 0.25) is 0 Å². The molecule has 0 atom stereocenters. The third-order valence-corrected chi connectivity index (χ3v) is 6.60. The molecule has 0 aromatic heterocycles. The molecule has 0 bridgehead atoms. The van der Waals surface area contributed by atoms with Crippen LogP contribution in [0.3, 0.4) is 0 Å². The van der Waals surface area contributed by atoms with Gasteiger partial charge in [0.25, 0.3) is 10.1 Å². The molecule has 0 amide bonds. The Kier molecular flexibility index (Phi) is 25.9. The van der Waals surface area contributed by atoms with E-state index >= 15 is 0 Å². The van der Waals surface area contributed by atoms with E-state index in [4.69, 9.17) is 8.92 Å². The number of benzene rings is 1. The summed E-state index contributed by atoms with van der Waals surface area (Å²) in [6.07, 6.45) is 15.4. The molecule has 0 saturated heterocycles. The molecule has 0 heterocycles. The average Bonchev–Trinajstić information content (AvgIpc) is 2.76. The third kappa shape index (κ3) is 18.5. The summed E-state index contributed by atoms with van der Waals surface area (Å²) in [5.41, 5.74) is 0.892. The van der Waals surface area contributed by atoms with E-state index in [1.54, 1.807) is 12.1 Å². The van der Waals surface area contributed by atoms with Gasteiger partial charge in [-0.15, -0.1) is 0 Å². The molecule has 1 aromatic rings. The fraction of sp³-hybridized carbons (Fsp3) is 0.769. The standard InChI is InChI=1S/C22H38O3S.C4H10O.Na.H/c1-3-5-7-8-9-10-11-12-13-14-17-21-18-15-16-19-22(21)26(23,24)25-20-6-4-2;1-3-5-4-2;;/h15-16,18-19H,3-14,17,20H2,1-2H3;3-4H2,1-2H3;;. The van der Waals surface area contributed by atoms with Gasteiger partial charge >= 0.3 is 29.6 Å². The summed E-state index contributed by atoms with van der Waals surface area (Å²) in [5.74, 6) is 0. The molecule has 1 rings (SSSR count). The zero-order valence-corrected chi connectivity index (χ0v) is 21.5. The molecule has 0 radical (unpaired) electrons. The molecule has 6 heteroatoms. The van der Waals surface area contributed by atoms with Crippen LogP contribution >= 0.6 is 0 Å². The minimum absolute atomic E-state index is 0. The van der Waals surface area contributed by atoms with Crippen molar-refractivity contribution in [3.05, 3.63) is 29.8 Å². The molecule has 0 saturated carbocycles. The second kappa shape index (κ2) is 24.2. The van der Waals surface area contributed by atoms with Crippen molar-refractivity contribution in [2.75, 3.05) is 19.8 Å². The number of hydrogen-bond acceptors (Lipinski definition) is 4. The molecule has 0 aliphatic heterocycles. The molecule has 0 aliphatic rings. The summed E-state index contributed by atoms with van der Waals surface area (Å²) in [6, 6.07) is 7.28. The van der Waals surface area contributed by atoms with E-state index in [1.807, 2.05) is 32.9 Å². The first-order valence-corrected chi connectivity index (χ1v) is 14.0. The third-order valence-electron chi connectivity index (χ3n) is 5.19. The van der Waals surface area contributed by atoms with Crippen LogP contribution in [0.25, 0.3) is 0 Å². The Hall–Kier alpha value is 0.0900. The first-order valence-electron chi connectivity index (χ1n) is 12.6. The van der Waals surface area contributed by atoms with E-state index in [0.29, 0.717) is 4.90 Å². The Morgan fingerprint density at radius 1 is 0.688 bits per heavy atom. The summed E-state index contributed by atoms with van der Waals surface area (Å²) in [5, 5.41) is 0. The Morgan fingerprint density at radius 3 is 1.69 bits per heavy atom. The van der Waals surface area contributed by atoms with Gasteiger partial charge in [-0.1, -0.05) is 96.3 Å². The van der Waals surface area contributed by atoms with Gasteiger partial charge < -0.3 is 4.74 Å². The zero-order valence-electron chi connectivity index (χ0n) is 20.7. The van der Waals surface area contributed by atoms with Crippen LogP contribution in [0.2, 0.25) is 0 Å². The van der Waals surface area contributed by atoms with Crippen LogP contribution in [0.5, 0.6) is 0 Å². The molecular weight excluding hydrogens is 431 g/mol. The van der Waals surface area contributed by atoms with Crippen molar-refractivity contribution in [3.63, 3.8) is 0 Å². The Labute approximate surface area is 221 Å². The van der Waals surface area contributed by atoms with Crippen LogP contribution in [-0.4, -0.2) is 57.8 Å². The van der Waals surface area contributed by atoms with Crippen molar-refractivity contribution >= 4 is 39.7 Å². The van der Waals surface area contributed by atoms with Crippen LogP contribution in [0, 0.1) is 0 Å². The van der Waals surface area contributed by atoms with Crippen LogP contribution in [0.15, 0.2) is 29.2 Å². The molecule has 0 fully saturated rings. The van der Waals surface area contributed by atoms with Gasteiger partial charge in [0, 0.05) is 13.2 Å². The molecule has 0 aliphatic carbocycles. The van der Waals surface area contributed by atoms with Gasteiger partial charge in [-0.25, -0.2) is 0 Å². The summed E-state index contributed by atoms with van der Waals surface area (Å²) in [4.78, 5) is 0.354. The Balaban J connectivity index is 0. The first kappa shape index (κ1) is 34.3. The van der Waals surface area contributed by atoms with Crippen LogP contribution in [0.1, 0.15) is 110 Å². The van der Waals surface area contributed by atoms with Crippen LogP contribution < -0.4 is 0 Å². The number of rotatable bonds is 18. The number of ether oxygens (including phenoxy) is 1. The predicted octanol–water partition coefficient (Wildman–Crippen LogP) is 7.05. The molecule has 0 spiro atoms. The summed E-state index contributed by atoms with van der Waals surface area (Å²) < 4.78 is 34.8. The topological polar surface area (TPSA) is 52.6 Å². The molecule has 0 unspecified atom stereocenters. The van der Waals surface area contributed by atoms with Crippen LogP contribution in [0.4, 0.5) is 0 Å². The van der Waals surface area contributed by atoms with Crippen molar-refractivity contribution in [2.24, 2.45) is 0 Å². The van der Waals surface area contributed by atoms with Crippen molar-refractivity contribution in [3.8, 4) is 0 Å². The van der Waals surface area contributed by atoms with E-state index in [-0.39, 0.29) is 36.2 Å². The van der Waals surface area contributed by atoms with Crippen molar-refractivity contribution in [2.45, 2.75) is 116 Å². The SMILES string of the molecule is CCCCCCCCCCCCc1ccccc1S(=O)(=O)OCCCC.CCOCC.[NaH]. The molecule has 32 heavy (non-hydrogen) atoms. The number of hydrogen-bond donors (Lipinski definition) is 0. The summed E-state index contributed by atoms with van der Waals surface area (Å²) in [6.45, 7) is 10.2. The van der Waals surface area contributed by atoms with E-state index in [2.05, 4.69) is 6.92 Å². The second-order valence-electron chi connectivity index (χ2n) is 7.95. The second-order valence-corrected chi connectivity index (χ2v) is 9.53. The van der Waals surface area contributed by atoms with Crippen LogP contribution in [-0.2, 0) is 25.5 Å². The van der Waals surface area contributed by atoms with Gasteiger partial charge in [0.15, 0.2) is 0 Å². The number of unbranched alkanes of at least 4 members (excludes halogenated alkanes) is 10. The number of aryl methyl sites for hydroxylation is 1. The van der Waals surface area contributed by atoms with E-state index < -0.39 is 10.1 Å². The predicted molar refractivity (Wildman–Crippen MR) is 139 cm³/mol. The van der Waals surface area contributed by atoms with Crippen molar-refractivity contribution in [1.82, 2.24) is 0 Å². The molecule has 184 valence electrons. The Bertz CT molecular complexity index is 618. The van der Waals surface area contributed by atoms with Gasteiger partial charge in [-0.05, 0) is 44.7 Å². The van der Waals surface area contributed by atoms with Gasteiger partial charge in [-0.3, -0.25) is 4.18 Å². The molecule has 1 aromatic carbocycles. The van der Waals surface area contributed by atoms with E-state index in [0.717, 1.165) is 44.5 Å². The van der Waals surface area contributed by atoms with E-state index in [1.165, 1.54) is 57.8 Å². The maximum absolute atomic E-state index is 12.4. The Morgan fingerprint density at radius 2 is 1.19 bits per heavy atom. The van der Waals surface area contributed by atoms with Gasteiger partial charge in [0.05, 0.1) is 11.5 Å². The normalized spacial score (nSPS) is 10.9. The van der Waals surface area contributed by atoms with Gasteiger partial charge in [0.1, 0.15) is 0 Å². The summed E-state index contributed by atoms with van der Waals surface area (Å²) in [7, 11) is -3.63. The first-order chi connectivity index (χ1) is 15.0. The summed E-state index contributed by atoms with van der Waals surface area (Å²) >= 11 is 0. The maximum atomic E-state index is 12.4. The fourth-order valence-electron chi connectivity index (χ4n) is 3.34. The fourth-order valence-corrected chi connectivity index (χ4v) is 4.54. The molecular formula is C26H49NaO4S. The van der Waals surface area contributed by atoms with Crippen molar-refractivity contribution < 1.29 is 17.3 Å². The molecule has 0 N–H and O–H groups in total. The van der Waals surface area contributed by atoms with Gasteiger partial charge in [-0.2, -0.15) is 8.42 Å². The van der Waals surface area contributed by atoms with E-state index in [9.17, 15) is 8.42 Å². The monoisotopic (exact) mass is 480 g/mol. The molecule has 4 nitrogen and oxygen atoms in total. The quantitative estimate of drug-likeness (QED) is 0.128.